The largest absolute Gasteiger partial charge is 0.506 e. The van der Waals surface area contributed by atoms with Gasteiger partial charge < -0.3 is 15.1 Å². The topological polar surface area (TPSA) is 90.7 Å². The van der Waals surface area contributed by atoms with Crippen molar-refractivity contribution in [1.29, 1.82) is 0 Å². The number of allylic oxidation sites excluding steroid dienone is 1. The Morgan fingerprint density at radius 1 is 0.975 bits per heavy atom. The number of Topliss-reactive ketones (excluding diaryl/α,β-unsaturated/α-hetero) is 1. The van der Waals surface area contributed by atoms with Gasteiger partial charge in [-0.2, -0.15) is 0 Å². The van der Waals surface area contributed by atoms with E-state index in [4.69, 9.17) is 4.98 Å². The summed E-state index contributed by atoms with van der Waals surface area (Å²) in [5, 5.41) is 23.9. The van der Waals surface area contributed by atoms with Gasteiger partial charge in [0.1, 0.15) is 17.2 Å². The third-order valence-electron chi connectivity index (χ3n) is 7.88. The van der Waals surface area contributed by atoms with Gasteiger partial charge in [-0.1, -0.05) is 53.7 Å². The zero-order chi connectivity index (χ0) is 29.5. The summed E-state index contributed by atoms with van der Waals surface area (Å²) in [5.74, 6) is -0.116. The van der Waals surface area contributed by atoms with Gasteiger partial charge in [-0.25, -0.2) is 4.98 Å². The first-order valence-corrected chi connectivity index (χ1v) is 14.4. The van der Waals surface area contributed by atoms with E-state index >= 15 is 0 Å². The summed E-state index contributed by atoms with van der Waals surface area (Å²) >= 11 is 0. The van der Waals surface area contributed by atoms with Gasteiger partial charge in [0.2, 0.25) is 0 Å². The minimum absolute atomic E-state index is 0.0271. The molecule has 1 aliphatic carbocycles. The fraction of sp³-hybridized carbons (Fsp3) is 0.441. The molecule has 0 saturated heterocycles. The summed E-state index contributed by atoms with van der Waals surface area (Å²) < 4.78 is 0. The van der Waals surface area contributed by atoms with E-state index in [2.05, 4.69) is 47.6 Å². The predicted molar refractivity (Wildman–Crippen MR) is 162 cm³/mol. The Morgan fingerprint density at radius 2 is 1.65 bits per heavy atom. The van der Waals surface area contributed by atoms with E-state index in [-0.39, 0.29) is 39.7 Å². The van der Waals surface area contributed by atoms with Crippen molar-refractivity contribution in [3.63, 3.8) is 0 Å². The van der Waals surface area contributed by atoms with Crippen LogP contribution in [0.4, 0.5) is 0 Å². The lowest BCUT2D eigenvalue weighted by Gasteiger charge is -2.22. The first-order valence-electron chi connectivity index (χ1n) is 14.4. The molecular weight excluding hydrogens is 500 g/mol. The molecule has 1 aromatic heterocycles. The summed E-state index contributed by atoms with van der Waals surface area (Å²) in [6.07, 6.45) is 1.60. The maximum atomic E-state index is 13.7. The van der Waals surface area contributed by atoms with E-state index in [9.17, 15) is 19.8 Å². The van der Waals surface area contributed by atoms with Gasteiger partial charge in [0.05, 0.1) is 11.1 Å². The number of hydrogen-bond donors (Lipinski definition) is 2. The Kier molecular flexibility index (Phi) is 8.11. The molecule has 4 rings (SSSR count). The number of nitrogens with zero attached hydrogens (tertiary/aromatic N) is 2. The average Bonchev–Trinajstić information content (AvgIpc) is 3.13. The van der Waals surface area contributed by atoms with Crippen LogP contribution in [-0.4, -0.2) is 44.9 Å². The Balaban J connectivity index is 1.92. The molecule has 1 aliphatic rings. The van der Waals surface area contributed by atoms with Crippen LogP contribution in [0.3, 0.4) is 0 Å². The molecule has 6 nitrogen and oxygen atoms in total. The lowest BCUT2D eigenvalue weighted by atomic mass is 9.85. The van der Waals surface area contributed by atoms with Gasteiger partial charge in [-0.05, 0) is 73.8 Å². The molecule has 0 radical (unpaired) electrons. The quantitative estimate of drug-likeness (QED) is 0.306. The van der Waals surface area contributed by atoms with Crippen LogP contribution >= 0.6 is 0 Å². The minimum atomic E-state index is -0.412. The number of hydrogen-bond acceptors (Lipinski definition) is 5. The van der Waals surface area contributed by atoms with Crippen LogP contribution < -0.4 is 0 Å². The second kappa shape index (κ2) is 11.1. The fourth-order valence-electron chi connectivity index (χ4n) is 5.77. The van der Waals surface area contributed by atoms with Crippen LogP contribution in [0.5, 0.6) is 5.75 Å². The lowest BCUT2D eigenvalue weighted by molar-refractivity contribution is 0.0772. The molecule has 0 bridgehead atoms. The van der Waals surface area contributed by atoms with Gasteiger partial charge in [-0.15, -0.1) is 0 Å². The van der Waals surface area contributed by atoms with Crippen molar-refractivity contribution in [1.82, 2.24) is 9.88 Å². The van der Waals surface area contributed by atoms with Crippen molar-refractivity contribution in [2.45, 2.75) is 73.6 Å². The van der Waals surface area contributed by atoms with Gasteiger partial charge in [-0.3, -0.25) is 9.59 Å². The fourth-order valence-corrected chi connectivity index (χ4v) is 5.77. The molecule has 0 aliphatic heterocycles. The highest BCUT2D eigenvalue weighted by atomic mass is 16.3. The predicted octanol–water partition coefficient (Wildman–Crippen LogP) is 7.57. The highest BCUT2D eigenvalue weighted by Gasteiger charge is 2.35. The lowest BCUT2D eigenvalue weighted by Crippen LogP contribution is -2.30. The third-order valence-corrected chi connectivity index (χ3v) is 7.88. The SMILES string of the molecule is CCN(CC)C(=O)c1ccc2c(c1)C(O)=C(c1nc3cc(C(C)(C)C)ccc3c(CC(C)CC(C)C)c1O)C2=O. The van der Waals surface area contributed by atoms with Crippen LogP contribution in [-0.2, 0) is 11.8 Å². The number of carbonyl (C=O) groups excluding carboxylic acids is 2. The molecule has 2 aromatic carbocycles. The van der Waals surface area contributed by atoms with Crippen LogP contribution in [0.1, 0.15) is 105 Å². The molecule has 1 amide bonds. The van der Waals surface area contributed by atoms with E-state index < -0.39 is 5.78 Å². The first-order chi connectivity index (χ1) is 18.8. The number of benzene rings is 2. The first kappa shape index (κ1) is 29.3. The summed E-state index contributed by atoms with van der Waals surface area (Å²) in [5.41, 5.74) is 3.42. The zero-order valence-corrected chi connectivity index (χ0v) is 25.1. The number of aliphatic hydroxyl groups excluding tert-OH is 1. The van der Waals surface area contributed by atoms with Crippen LogP contribution in [0.15, 0.2) is 36.4 Å². The maximum Gasteiger partial charge on any atom is 0.253 e. The van der Waals surface area contributed by atoms with Crippen molar-refractivity contribution in [3.8, 4) is 5.75 Å². The second-order valence-corrected chi connectivity index (χ2v) is 12.5. The minimum Gasteiger partial charge on any atom is -0.506 e. The average molecular weight is 543 g/mol. The molecule has 2 N–H and O–H groups in total. The van der Waals surface area contributed by atoms with E-state index in [1.165, 1.54) is 0 Å². The Hall–Kier alpha value is -3.67. The Labute approximate surface area is 237 Å². The highest BCUT2D eigenvalue weighted by Crippen LogP contribution is 2.43. The van der Waals surface area contributed by atoms with Crippen molar-refractivity contribution in [2.75, 3.05) is 13.1 Å². The van der Waals surface area contributed by atoms with Gasteiger partial charge in [0.25, 0.3) is 5.91 Å². The number of pyridine rings is 1. The number of amides is 1. The highest BCUT2D eigenvalue weighted by molar-refractivity contribution is 6.39. The zero-order valence-electron chi connectivity index (χ0n) is 25.1. The molecule has 0 spiro atoms. The van der Waals surface area contributed by atoms with E-state index in [1.807, 2.05) is 26.0 Å². The molecule has 212 valence electrons. The van der Waals surface area contributed by atoms with Crippen LogP contribution in [0.2, 0.25) is 0 Å². The Morgan fingerprint density at radius 3 is 2.25 bits per heavy atom. The van der Waals surface area contributed by atoms with Gasteiger partial charge >= 0.3 is 0 Å². The molecule has 3 aromatic rings. The third kappa shape index (κ3) is 5.36. The molecule has 40 heavy (non-hydrogen) atoms. The number of aromatic nitrogens is 1. The summed E-state index contributed by atoms with van der Waals surface area (Å²) in [4.78, 5) is 33.1. The van der Waals surface area contributed by atoms with Crippen molar-refractivity contribution in [3.05, 3.63) is 69.9 Å². The molecule has 1 heterocycles. The van der Waals surface area contributed by atoms with E-state index in [1.54, 1.807) is 23.1 Å². The molecular formula is C34H42N2O4. The normalized spacial score (nSPS) is 14.3. The number of ketones is 1. The second-order valence-electron chi connectivity index (χ2n) is 12.5. The summed E-state index contributed by atoms with van der Waals surface area (Å²) in [6, 6.07) is 10.9. The number of aromatic hydroxyl groups is 1. The molecule has 0 fully saturated rings. The Bertz CT molecular complexity index is 1510. The van der Waals surface area contributed by atoms with E-state index in [0.29, 0.717) is 48.0 Å². The van der Waals surface area contributed by atoms with Gasteiger partial charge in [0, 0.05) is 40.7 Å². The standard InChI is InChI=1S/C34H42N2O4/c1-9-36(10-2)33(40)21-11-13-24-26(17-21)31(38)28(30(24)37)29-32(39)25(16-20(5)15-19(3)4)23-14-12-22(34(6,7)8)18-27(23)35-29/h11-14,17-20,38-39H,9-10,15-16H2,1-8H3. The number of rotatable bonds is 8. The van der Waals surface area contributed by atoms with Crippen molar-refractivity contribution < 1.29 is 19.8 Å². The van der Waals surface area contributed by atoms with Gasteiger partial charge in [0.15, 0.2) is 5.78 Å². The van der Waals surface area contributed by atoms with Crippen molar-refractivity contribution in [2.24, 2.45) is 11.8 Å². The van der Waals surface area contributed by atoms with E-state index in [0.717, 1.165) is 22.9 Å². The monoisotopic (exact) mass is 542 g/mol. The molecule has 0 saturated carbocycles. The summed E-state index contributed by atoms with van der Waals surface area (Å²) in [7, 11) is 0. The number of carbonyl (C=O) groups is 2. The molecule has 6 heteroatoms. The number of fused-ring (bicyclic) bond motifs is 2. The summed E-state index contributed by atoms with van der Waals surface area (Å²) in [6.45, 7) is 17.8. The van der Waals surface area contributed by atoms with Crippen LogP contribution in [0, 0.1) is 11.8 Å². The number of aliphatic hydroxyl groups is 1. The van der Waals surface area contributed by atoms with Crippen molar-refractivity contribution >= 4 is 33.9 Å². The molecule has 1 atom stereocenters. The maximum absolute atomic E-state index is 13.7. The molecule has 1 unspecified atom stereocenters. The smallest absolute Gasteiger partial charge is 0.253 e. The van der Waals surface area contributed by atoms with Crippen LogP contribution in [0.25, 0.3) is 22.2 Å².